The van der Waals surface area contributed by atoms with Gasteiger partial charge in [-0.05, 0) is 17.7 Å². The molecule has 2 N–H and O–H groups in total. The second-order valence-electron chi connectivity index (χ2n) is 6.36. The summed E-state index contributed by atoms with van der Waals surface area (Å²) in [4.78, 5) is 30.4. The number of hydrogen-bond donors (Lipinski definition) is 2. The van der Waals surface area contributed by atoms with Gasteiger partial charge in [0.1, 0.15) is 5.82 Å². The summed E-state index contributed by atoms with van der Waals surface area (Å²) in [6.45, 7) is 1.30. The molecule has 0 bridgehead atoms. The van der Waals surface area contributed by atoms with Crippen molar-refractivity contribution in [1.82, 2.24) is 18.7 Å². The maximum atomic E-state index is 13.0. The Morgan fingerprint density at radius 3 is 2.44 bits per heavy atom. The molecule has 0 aliphatic heterocycles. The SMILES string of the molecule is CCc1nc2c(c(=O)n(Cc3ccc(Cl)cc3)c(=O)n2CC(O)CO)n1C. The van der Waals surface area contributed by atoms with E-state index in [-0.39, 0.29) is 24.3 Å². The number of benzene rings is 1. The van der Waals surface area contributed by atoms with E-state index < -0.39 is 24.0 Å². The van der Waals surface area contributed by atoms with E-state index in [0.717, 1.165) is 10.1 Å². The summed E-state index contributed by atoms with van der Waals surface area (Å²) in [7, 11) is 1.72. The molecule has 0 fully saturated rings. The van der Waals surface area contributed by atoms with Crippen LogP contribution < -0.4 is 11.2 Å². The van der Waals surface area contributed by atoms with Crippen LogP contribution in [0, 0.1) is 0 Å². The van der Waals surface area contributed by atoms with Gasteiger partial charge in [-0.3, -0.25) is 13.9 Å². The van der Waals surface area contributed by atoms with Gasteiger partial charge in [-0.25, -0.2) is 9.78 Å². The van der Waals surface area contributed by atoms with Crippen molar-refractivity contribution in [2.45, 2.75) is 32.5 Å². The Kier molecular flexibility index (Phi) is 5.50. The van der Waals surface area contributed by atoms with Crippen molar-refractivity contribution in [2.24, 2.45) is 7.05 Å². The van der Waals surface area contributed by atoms with E-state index >= 15 is 0 Å². The molecule has 0 aliphatic carbocycles. The zero-order valence-electron chi connectivity index (χ0n) is 15.1. The van der Waals surface area contributed by atoms with E-state index in [4.69, 9.17) is 11.6 Å². The monoisotopic (exact) mass is 392 g/mol. The third kappa shape index (κ3) is 3.55. The van der Waals surface area contributed by atoms with E-state index in [1.807, 2.05) is 6.92 Å². The molecule has 1 aromatic carbocycles. The average Bonchev–Trinajstić information content (AvgIpc) is 3.00. The molecule has 0 saturated heterocycles. The maximum Gasteiger partial charge on any atom is 0.333 e. The fourth-order valence-electron chi connectivity index (χ4n) is 3.07. The highest BCUT2D eigenvalue weighted by Gasteiger charge is 2.21. The molecular formula is C18H21ClN4O4. The molecule has 0 spiro atoms. The topological polar surface area (TPSA) is 102 Å². The summed E-state index contributed by atoms with van der Waals surface area (Å²) < 4.78 is 4.01. The lowest BCUT2D eigenvalue weighted by Crippen LogP contribution is -2.42. The van der Waals surface area contributed by atoms with Crippen LogP contribution in [0.25, 0.3) is 11.2 Å². The van der Waals surface area contributed by atoms with Crippen molar-refractivity contribution in [3.8, 4) is 0 Å². The third-order valence-electron chi connectivity index (χ3n) is 4.51. The number of aliphatic hydroxyl groups excluding tert-OH is 2. The Morgan fingerprint density at radius 1 is 1.19 bits per heavy atom. The standard InChI is InChI=1S/C18H21ClN4O4/c1-3-14-20-16-15(21(14)2)17(26)23(8-11-4-6-12(19)7-5-11)18(27)22(16)9-13(25)10-24/h4-7,13,24-25H,3,8-10H2,1-2H3. The molecule has 0 saturated carbocycles. The Balaban J connectivity index is 2.26. The van der Waals surface area contributed by atoms with Crippen molar-refractivity contribution in [2.75, 3.05) is 6.61 Å². The van der Waals surface area contributed by atoms with Gasteiger partial charge in [-0.1, -0.05) is 30.7 Å². The van der Waals surface area contributed by atoms with Crippen LogP contribution in [0.2, 0.25) is 5.02 Å². The molecule has 8 nitrogen and oxygen atoms in total. The molecule has 144 valence electrons. The summed E-state index contributed by atoms with van der Waals surface area (Å²) in [5.41, 5.74) is 0.199. The van der Waals surface area contributed by atoms with Crippen LogP contribution in [0.15, 0.2) is 33.9 Å². The predicted molar refractivity (Wildman–Crippen MR) is 102 cm³/mol. The number of imidazole rings is 1. The van der Waals surface area contributed by atoms with Crippen molar-refractivity contribution < 1.29 is 10.2 Å². The van der Waals surface area contributed by atoms with Crippen LogP contribution >= 0.6 is 11.6 Å². The zero-order chi connectivity index (χ0) is 19.7. The van der Waals surface area contributed by atoms with E-state index in [1.54, 1.807) is 35.9 Å². The van der Waals surface area contributed by atoms with Crippen molar-refractivity contribution in [3.63, 3.8) is 0 Å². The number of fused-ring (bicyclic) bond motifs is 1. The average molecular weight is 393 g/mol. The fourth-order valence-corrected chi connectivity index (χ4v) is 3.19. The van der Waals surface area contributed by atoms with Crippen LogP contribution in [0.4, 0.5) is 0 Å². The third-order valence-corrected chi connectivity index (χ3v) is 4.76. The smallest absolute Gasteiger partial charge is 0.333 e. The lowest BCUT2D eigenvalue weighted by Gasteiger charge is -2.14. The van der Waals surface area contributed by atoms with Crippen LogP contribution in [-0.2, 0) is 26.6 Å². The van der Waals surface area contributed by atoms with Gasteiger partial charge >= 0.3 is 5.69 Å². The lowest BCUT2D eigenvalue weighted by molar-refractivity contribution is 0.0806. The quantitative estimate of drug-likeness (QED) is 0.636. The van der Waals surface area contributed by atoms with Gasteiger partial charge in [0, 0.05) is 18.5 Å². The van der Waals surface area contributed by atoms with Gasteiger partial charge in [0.2, 0.25) is 0 Å². The molecule has 1 unspecified atom stereocenters. The van der Waals surface area contributed by atoms with Crippen LogP contribution in [0.5, 0.6) is 0 Å². The van der Waals surface area contributed by atoms with Crippen LogP contribution in [0.1, 0.15) is 18.3 Å². The van der Waals surface area contributed by atoms with E-state index in [9.17, 15) is 19.8 Å². The molecule has 2 heterocycles. The number of rotatable bonds is 6. The summed E-state index contributed by atoms with van der Waals surface area (Å²) in [6, 6.07) is 6.86. The van der Waals surface area contributed by atoms with Gasteiger partial charge in [-0.2, -0.15) is 0 Å². The van der Waals surface area contributed by atoms with Crippen molar-refractivity contribution in [1.29, 1.82) is 0 Å². The minimum Gasteiger partial charge on any atom is -0.394 e. The van der Waals surface area contributed by atoms with Crippen LogP contribution in [0.3, 0.4) is 0 Å². The first-order valence-electron chi connectivity index (χ1n) is 8.59. The molecular weight excluding hydrogens is 372 g/mol. The van der Waals surface area contributed by atoms with Gasteiger partial charge in [0.05, 0.1) is 25.8 Å². The molecule has 3 rings (SSSR count). The van der Waals surface area contributed by atoms with Gasteiger partial charge in [-0.15, -0.1) is 0 Å². The van der Waals surface area contributed by atoms with E-state index in [1.165, 1.54) is 4.57 Å². The Morgan fingerprint density at radius 2 is 1.85 bits per heavy atom. The Bertz CT molecular complexity index is 1080. The molecule has 0 aliphatic rings. The minimum absolute atomic E-state index is 0.0621. The van der Waals surface area contributed by atoms with Crippen LogP contribution in [-0.4, -0.2) is 41.6 Å². The summed E-state index contributed by atoms with van der Waals surface area (Å²) in [5.74, 6) is 0.651. The highest BCUT2D eigenvalue weighted by atomic mass is 35.5. The minimum atomic E-state index is -1.14. The number of hydrogen-bond acceptors (Lipinski definition) is 5. The number of aliphatic hydroxyl groups is 2. The first kappa shape index (κ1) is 19.3. The molecule has 2 aromatic heterocycles. The zero-order valence-corrected chi connectivity index (χ0v) is 15.8. The van der Waals surface area contributed by atoms with Crippen molar-refractivity contribution in [3.05, 3.63) is 61.5 Å². The molecule has 1 atom stereocenters. The lowest BCUT2D eigenvalue weighted by atomic mass is 10.2. The molecule has 0 amide bonds. The largest absolute Gasteiger partial charge is 0.394 e. The van der Waals surface area contributed by atoms with Crippen molar-refractivity contribution >= 4 is 22.8 Å². The molecule has 3 aromatic rings. The molecule has 9 heteroatoms. The first-order chi connectivity index (χ1) is 12.9. The van der Waals surface area contributed by atoms with E-state index in [2.05, 4.69) is 4.98 Å². The van der Waals surface area contributed by atoms with Gasteiger partial charge in [0.15, 0.2) is 11.2 Å². The second-order valence-corrected chi connectivity index (χ2v) is 6.80. The normalized spacial score (nSPS) is 12.6. The summed E-state index contributed by atoms with van der Waals surface area (Å²) >= 11 is 5.90. The highest BCUT2D eigenvalue weighted by molar-refractivity contribution is 6.30. The highest BCUT2D eigenvalue weighted by Crippen LogP contribution is 2.13. The summed E-state index contributed by atoms with van der Waals surface area (Å²) in [6.07, 6.45) is -0.557. The molecule has 0 radical (unpaired) electrons. The Labute approximate surface area is 159 Å². The Hall–Kier alpha value is -2.42. The maximum absolute atomic E-state index is 13.0. The second kappa shape index (κ2) is 7.67. The van der Waals surface area contributed by atoms with Gasteiger partial charge < -0.3 is 14.8 Å². The molecule has 27 heavy (non-hydrogen) atoms. The number of aryl methyl sites for hydroxylation is 2. The predicted octanol–water partition coefficient (Wildman–Crippen LogP) is 0.514. The number of nitrogens with zero attached hydrogens (tertiary/aromatic N) is 4. The number of halogens is 1. The first-order valence-corrected chi connectivity index (χ1v) is 8.97. The van der Waals surface area contributed by atoms with Gasteiger partial charge in [0.25, 0.3) is 5.56 Å². The van der Waals surface area contributed by atoms with E-state index in [0.29, 0.717) is 17.3 Å². The summed E-state index contributed by atoms with van der Waals surface area (Å²) in [5, 5.41) is 19.6. The fraction of sp³-hybridized carbons (Fsp3) is 0.389. The number of aromatic nitrogens is 4.